The van der Waals surface area contributed by atoms with Gasteiger partial charge in [0, 0.05) is 19.8 Å². The summed E-state index contributed by atoms with van der Waals surface area (Å²) in [4.78, 5) is 10.1. The number of ether oxygens (including phenoxy) is 1. The fourth-order valence-electron chi connectivity index (χ4n) is 0.596. The van der Waals surface area contributed by atoms with E-state index in [1.807, 2.05) is 0 Å². The molecule has 0 aliphatic heterocycles. The molecule has 0 aromatic heterocycles. The van der Waals surface area contributed by atoms with E-state index >= 15 is 0 Å². The number of aromatic hydroxyl groups is 1. The van der Waals surface area contributed by atoms with E-state index < -0.39 is 0 Å². The maximum absolute atomic E-state index is 10.1. The predicted molar refractivity (Wildman–Crippen MR) is 51.4 cm³/mol. The van der Waals surface area contributed by atoms with Crippen LogP contribution in [-0.4, -0.2) is 25.6 Å². The lowest BCUT2D eigenvalue weighted by atomic mass is 10.2. The number of phenols is 1. The predicted octanol–water partition coefficient (Wildman–Crippen LogP) is 2.12. The minimum absolute atomic E-state index is 0.00716. The van der Waals surface area contributed by atoms with Crippen molar-refractivity contribution >= 4 is 17.9 Å². The summed E-state index contributed by atoms with van der Waals surface area (Å²) in [5, 5.41) is 9.09. The van der Waals surface area contributed by atoms with E-state index in [4.69, 9.17) is 16.7 Å². The average molecular weight is 203 g/mol. The number of benzene rings is 1. The van der Waals surface area contributed by atoms with E-state index in [0.29, 0.717) is 11.8 Å². The quantitative estimate of drug-likeness (QED) is 0.710. The first-order chi connectivity index (χ1) is 6.15. The average Bonchev–Trinajstić information content (AvgIpc) is 2.11. The van der Waals surface area contributed by atoms with Crippen LogP contribution in [0.4, 0.5) is 0 Å². The highest BCUT2D eigenvalue weighted by Gasteiger charge is 1.97. The van der Waals surface area contributed by atoms with Crippen LogP contribution in [0.2, 0.25) is 5.02 Å². The van der Waals surface area contributed by atoms with Gasteiger partial charge in [0.2, 0.25) is 0 Å². The van der Waals surface area contributed by atoms with E-state index in [0.717, 1.165) is 0 Å². The lowest BCUT2D eigenvalue weighted by Gasteiger charge is -1.94. The number of methoxy groups -OCH3 is 1. The molecule has 13 heavy (non-hydrogen) atoms. The molecule has 72 valence electrons. The van der Waals surface area contributed by atoms with E-state index in [1.165, 1.54) is 18.2 Å². The van der Waals surface area contributed by atoms with Crippen LogP contribution in [0.5, 0.6) is 5.75 Å². The summed E-state index contributed by atoms with van der Waals surface area (Å²) in [6.45, 7) is 0. The van der Waals surface area contributed by atoms with E-state index in [1.54, 1.807) is 14.2 Å². The van der Waals surface area contributed by atoms with Crippen LogP contribution in [0.25, 0.3) is 0 Å². The normalized spacial score (nSPS) is 8.54. The number of rotatable bonds is 1. The summed E-state index contributed by atoms with van der Waals surface area (Å²) in [5.74, 6) is -0.00716. The van der Waals surface area contributed by atoms with E-state index in [2.05, 4.69) is 4.74 Å². The Morgan fingerprint density at radius 3 is 2.38 bits per heavy atom. The Bertz CT molecular complexity index is 274. The van der Waals surface area contributed by atoms with Crippen molar-refractivity contribution in [2.75, 3.05) is 14.2 Å². The van der Waals surface area contributed by atoms with Crippen molar-refractivity contribution in [3.8, 4) is 5.75 Å². The van der Waals surface area contributed by atoms with E-state index in [-0.39, 0.29) is 10.8 Å². The molecular formula is C9H11ClO3. The molecule has 0 atom stereocenters. The van der Waals surface area contributed by atoms with Crippen molar-refractivity contribution in [1.82, 2.24) is 0 Å². The number of hydrogen-bond acceptors (Lipinski definition) is 3. The molecule has 1 aromatic carbocycles. The van der Waals surface area contributed by atoms with Gasteiger partial charge in [-0.3, -0.25) is 4.79 Å². The summed E-state index contributed by atoms with van der Waals surface area (Å²) < 4.78 is 4.25. The van der Waals surface area contributed by atoms with Gasteiger partial charge in [-0.15, -0.1) is 0 Å². The minimum atomic E-state index is -0.00716. The maximum Gasteiger partial charge on any atom is 0.150 e. The number of aldehydes is 1. The second kappa shape index (κ2) is 6.46. The van der Waals surface area contributed by atoms with Gasteiger partial charge in [-0.2, -0.15) is 0 Å². The Hall–Kier alpha value is -1.06. The van der Waals surface area contributed by atoms with Crippen LogP contribution in [0, 0.1) is 0 Å². The molecule has 0 fully saturated rings. The molecule has 0 amide bonds. The highest BCUT2D eigenvalue weighted by atomic mass is 35.5. The zero-order valence-corrected chi connectivity index (χ0v) is 8.21. The van der Waals surface area contributed by atoms with Gasteiger partial charge in [0.05, 0.1) is 5.02 Å². The third-order valence-corrected chi connectivity index (χ3v) is 1.41. The third kappa shape index (κ3) is 4.50. The Morgan fingerprint density at radius 2 is 2.00 bits per heavy atom. The van der Waals surface area contributed by atoms with Crippen LogP contribution < -0.4 is 0 Å². The van der Waals surface area contributed by atoms with Gasteiger partial charge in [0.25, 0.3) is 0 Å². The first kappa shape index (κ1) is 11.9. The molecule has 0 aliphatic rings. The molecule has 1 N–H and O–H groups in total. The Balaban J connectivity index is 0.000000424. The van der Waals surface area contributed by atoms with Crippen molar-refractivity contribution in [3.05, 3.63) is 28.8 Å². The molecule has 0 radical (unpaired) electrons. The largest absolute Gasteiger partial charge is 0.506 e. The van der Waals surface area contributed by atoms with Gasteiger partial charge >= 0.3 is 0 Å². The second-order valence-corrected chi connectivity index (χ2v) is 2.64. The lowest BCUT2D eigenvalue weighted by Crippen LogP contribution is -1.77. The maximum atomic E-state index is 10.1. The number of phenolic OH excluding ortho intramolecular Hbond substituents is 1. The minimum Gasteiger partial charge on any atom is -0.506 e. The fourth-order valence-corrected chi connectivity index (χ4v) is 0.785. The summed E-state index contributed by atoms with van der Waals surface area (Å²) in [6, 6.07) is 4.28. The van der Waals surface area contributed by atoms with Crippen LogP contribution in [-0.2, 0) is 4.74 Å². The Kier molecular flexibility index (Phi) is 5.93. The molecule has 1 rings (SSSR count). The van der Waals surface area contributed by atoms with Crippen molar-refractivity contribution in [2.45, 2.75) is 0 Å². The molecule has 0 saturated heterocycles. The van der Waals surface area contributed by atoms with Gasteiger partial charge in [0.1, 0.15) is 12.0 Å². The summed E-state index contributed by atoms with van der Waals surface area (Å²) >= 11 is 5.48. The van der Waals surface area contributed by atoms with Gasteiger partial charge in [-0.1, -0.05) is 11.6 Å². The first-order valence-corrected chi connectivity index (χ1v) is 3.87. The molecule has 0 bridgehead atoms. The summed E-state index contributed by atoms with van der Waals surface area (Å²) in [6.07, 6.45) is 0.672. The zero-order chi connectivity index (χ0) is 10.3. The van der Waals surface area contributed by atoms with Crippen molar-refractivity contribution < 1.29 is 14.6 Å². The van der Waals surface area contributed by atoms with Gasteiger partial charge in [0.15, 0.2) is 0 Å². The molecule has 0 unspecified atom stereocenters. The third-order valence-electron chi connectivity index (χ3n) is 1.11. The highest BCUT2D eigenvalue weighted by molar-refractivity contribution is 6.32. The molecule has 0 heterocycles. The molecule has 0 aliphatic carbocycles. The Morgan fingerprint density at radius 1 is 1.46 bits per heavy atom. The van der Waals surface area contributed by atoms with Crippen LogP contribution in [0.15, 0.2) is 18.2 Å². The molecular weight excluding hydrogens is 192 g/mol. The number of carbonyl (C=O) groups is 1. The van der Waals surface area contributed by atoms with Gasteiger partial charge < -0.3 is 9.84 Å². The van der Waals surface area contributed by atoms with Gasteiger partial charge in [-0.25, -0.2) is 0 Å². The lowest BCUT2D eigenvalue weighted by molar-refractivity contribution is 0.112. The number of carbonyl (C=O) groups excluding carboxylic acids is 1. The Labute approximate surface area is 81.9 Å². The topological polar surface area (TPSA) is 46.5 Å². The van der Waals surface area contributed by atoms with Crippen LogP contribution in [0.1, 0.15) is 10.4 Å². The number of halogens is 1. The van der Waals surface area contributed by atoms with Crippen molar-refractivity contribution in [2.24, 2.45) is 0 Å². The molecule has 4 heteroatoms. The summed E-state index contributed by atoms with van der Waals surface area (Å²) in [7, 11) is 3.25. The second-order valence-electron chi connectivity index (χ2n) is 2.24. The van der Waals surface area contributed by atoms with Gasteiger partial charge in [-0.05, 0) is 18.2 Å². The van der Waals surface area contributed by atoms with E-state index in [9.17, 15) is 4.79 Å². The van der Waals surface area contributed by atoms with Crippen LogP contribution >= 0.6 is 11.6 Å². The zero-order valence-electron chi connectivity index (χ0n) is 7.45. The van der Waals surface area contributed by atoms with Crippen molar-refractivity contribution in [1.29, 1.82) is 0 Å². The van der Waals surface area contributed by atoms with Crippen molar-refractivity contribution in [3.63, 3.8) is 0 Å². The SMILES string of the molecule is COC.O=Cc1ccc(O)c(Cl)c1. The van der Waals surface area contributed by atoms with Crippen LogP contribution in [0.3, 0.4) is 0 Å². The summed E-state index contributed by atoms with van der Waals surface area (Å²) in [5.41, 5.74) is 0.461. The fraction of sp³-hybridized carbons (Fsp3) is 0.222. The molecule has 1 aromatic rings. The smallest absolute Gasteiger partial charge is 0.150 e. The number of hydrogen-bond donors (Lipinski definition) is 1. The molecule has 0 spiro atoms. The standard InChI is InChI=1S/C7H5ClO2.C2H6O/c8-6-3-5(4-9)1-2-7(6)10;1-3-2/h1-4,10H;1-2H3. The first-order valence-electron chi connectivity index (χ1n) is 3.49. The molecule has 0 saturated carbocycles. The monoisotopic (exact) mass is 202 g/mol. The molecule has 3 nitrogen and oxygen atoms in total. The highest BCUT2D eigenvalue weighted by Crippen LogP contribution is 2.22.